The van der Waals surface area contributed by atoms with E-state index in [2.05, 4.69) is 46.4 Å². The first-order chi connectivity index (χ1) is 14.7. The average Bonchev–Trinajstić information content (AvgIpc) is 2.70. The van der Waals surface area contributed by atoms with Gasteiger partial charge in [0.15, 0.2) is 0 Å². The molecule has 0 fully saturated rings. The predicted octanol–water partition coefficient (Wildman–Crippen LogP) is 7.80. The summed E-state index contributed by atoms with van der Waals surface area (Å²) in [4.78, 5) is 18.5. The summed E-state index contributed by atoms with van der Waals surface area (Å²) >= 11 is 9.76. The lowest BCUT2D eigenvalue weighted by molar-refractivity contribution is 0.102. The number of fused-ring (bicyclic) bond motifs is 1. The van der Waals surface area contributed by atoms with Crippen LogP contribution in [0.4, 0.5) is 5.69 Å². The normalized spacial score (nSPS) is 11.0. The molecule has 0 atom stereocenters. The van der Waals surface area contributed by atoms with Crippen molar-refractivity contribution in [3.05, 3.63) is 91.9 Å². The Balaban J connectivity index is 1.94. The predicted molar refractivity (Wildman–Crippen MR) is 133 cm³/mol. The second kappa shape index (κ2) is 8.45. The summed E-state index contributed by atoms with van der Waals surface area (Å²) in [5.41, 5.74) is 7.96. The summed E-state index contributed by atoms with van der Waals surface area (Å²) in [6.45, 7) is 8.07. The Labute approximate surface area is 195 Å². The van der Waals surface area contributed by atoms with Crippen molar-refractivity contribution in [1.29, 1.82) is 0 Å². The fourth-order valence-corrected chi connectivity index (χ4v) is 4.60. The Morgan fingerprint density at radius 2 is 1.65 bits per heavy atom. The minimum atomic E-state index is -0.201. The summed E-state index contributed by atoms with van der Waals surface area (Å²) in [6, 6.07) is 17.7. The van der Waals surface area contributed by atoms with Crippen LogP contribution < -0.4 is 5.32 Å². The van der Waals surface area contributed by atoms with Crippen LogP contribution in [-0.2, 0) is 0 Å². The number of anilines is 1. The number of nitrogens with one attached hydrogen (secondary N) is 1. The van der Waals surface area contributed by atoms with Gasteiger partial charge in [0, 0.05) is 15.4 Å². The van der Waals surface area contributed by atoms with Crippen LogP contribution in [0.5, 0.6) is 0 Å². The third-order valence-corrected chi connectivity index (χ3v) is 6.21. The van der Waals surface area contributed by atoms with Crippen LogP contribution in [0.15, 0.2) is 59.1 Å². The molecule has 3 nitrogen and oxygen atoms in total. The molecule has 0 bridgehead atoms. The topological polar surface area (TPSA) is 42.0 Å². The number of aromatic nitrogens is 1. The number of nitrogens with zero attached hydrogens (tertiary/aromatic N) is 1. The van der Waals surface area contributed by atoms with Gasteiger partial charge in [0.1, 0.15) is 0 Å². The zero-order valence-electron chi connectivity index (χ0n) is 17.8. The Kier molecular flexibility index (Phi) is 5.87. The van der Waals surface area contributed by atoms with E-state index in [0.717, 1.165) is 43.3 Å². The van der Waals surface area contributed by atoms with Crippen LogP contribution >= 0.6 is 27.5 Å². The fourth-order valence-electron chi connectivity index (χ4n) is 3.88. The van der Waals surface area contributed by atoms with Crippen molar-refractivity contribution in [3.63, 3.8) is 0 Å². The van der Waals surface area contributed by atoms with E-state index in [1.807, 2.05) is 45.0 Å². The maximum absolute atomic E-state index is 13.5. The first-order valence-corrected chi connectivity index (χ1v) is 11.2. The molecule has 4 aromatic rings. The molecule has 1 N–H and O–H groups in total. The number of amides is 1. The molecule has 0 aliphatic carbocycles. The van der Waals surface area contributed by atoms with E-state index in [4.69, 9.17) is 16.6 Å². The molecular weight excluding hydrogens is 472 g/mol. The van der Waals surface area contributed by atoms with E-state index >= 15 is 0 Å². The maximum Gasteiger partial charge on any atom is 0.256 e. The van der Waals surface area contributed by atoms with E-state index in [-0.39, 0.29) is 5.91 Å². The van der Waals surface area contributed by atoms with Crippen molar-refractivity contribution < 1.29 is 4.79 Å². The molecule has 0 aliphatic rings. The highest BCUT2D eigenvalue weighted by Gasteiger charge is 2.21. The van der Waals surface area contributed by atoms with Gasteiger partial charge in [-0.25, -0.2) is 4.98 Å². The molecule has 0 spiro atoms. The van der Waals surface area contributed by atoms with Gasteiger partial charge in [-0.2, -0.15) is 0 Å². The van der Waals surface area contributed by atoms with Crippen molar-refractivity contribution in [2.24, 2.45) is 0 Å². The number of rotatable bonds is 3. The quantitative estimate of drug-likeness (QED) is 0.316. The SMILES string of the molecule is Cc1ccc(-c2nc3c(C)cc(C)cc3c(C(=O)Nc3ccc(Br)cc3Cl)c2C)cc1. The lowest BCUT2D eigenvalue weighted by Crippen LogP contribution is -2.16. The lowest BCUT2D eigenvalue weighted by atomic mass is 9.94. The zero-order valence-corrected chi connectivity index (χ0v) is 20.1. The minimum absolute atomic E-state index is 0.201. The van der Waals surface area contributed by atoms with E-state index in [1.165, 1.54) is 5.56 Å². The van der Waals surface area contributed by atoms with E-state index in [1.54, 1.807) is 12.1 Å². The second-order valence-electron chi connectivity index (χ2n) is 7.88. The van der Waals surface area contributed by atoms with Crippen LogP contribution in [-0.4, -0.2) is 10.9 Å². The molecule has 5 heteroatoms. The first-order valence-electron chi connectivity index (χ1n) is 9.99. The van der Waals surface area contributed by atoms with Gasteiger partial charge in [-0.1, -0.05) is 69.0 Å². The van der Waals surface area contributed by atoms with Gasteiger partial charge in [0.2, 0.25) is 0 Å². The van der Waals surface area contributed by atoms with Crippen molar-refractivity contribution in [2.45, 2.75) is 27.7 Å². The van der Waals surface area contributed by atoms with E-state index in [9.17, 15) is 4.79 Å². The number of pyridine rings is 1. The molecule has 3 aromatic carbocycles. The van der Waals surface area contributed by atoms with Gasteiger partial charge in [-0.3, -0.25) is 4.79 Å². The zero-order chi connectivity index (χ0) is 22.3. The van der Waals surface area contributed by atoms with Crippen LogP contribution in [0.25, 0.3) is 22.2 Å². The van der Waals surface area contributed by atoms with Gasteiger partial charge >= 0.3 is 0 Å². The van der Waals surface area contributed by atoms with E-state index < -0.39 is 0 Å². The summed E-state index contributed by atoms with van der Waals surface area (Å²) in [7, 11) is 0. The molecular formula is C26H22BrClN2O. The largest absolute Gasteiger partial charge is 0.321 e. The smallest absolute Gasteiger partial charge is 0.256 e. The molecule has 0 radical (unpaired) electrons. The summed E-state index contributed by atoms with van der Waals surface area (Å²) in [5.74, 6) is -0.201. The van der Waals surface area contributed by atoms with Crippen LogP contribution in [0.3, 0.4) is 0 Å². The fraction of sp³-hybridized carbons (Fsp3) is 0.154. The average molecular weight is 494 g/mol. The minimum Gasteiger partial charge on any atom is -0.321 e. The van der Waals surface area contributed by atoms with Gasteiger partial charge in [0.25, 0.3) is 5.91 Å². The molecule has 0 aliphatic heterocycles. The van der Waals surface area contributed by atoms with Crippen molar-refractivity contribution >= 4 is 50.0 Å². The number of carbonyl (C=O) groups is 1. The maximum atomic E-state index is 13.5. The van der Waals surface area contributed by atoms with Gasteiger partial charge in [0.05, 0.1) is 27.5 Å². The van der Waals surface area contributed by atoms with Gasteiger partial charge in [-0.15, -0.1) is 0 Å². The Morgan fingerprint density at radius 1 is 0.935 bits per heavy atom. The van der Waals surface area contributed by atoms with Crippen molar-refractivity contribution in [1.82, 2.24) is 4.98 Å². The highest BCUT2D eigenvalue weighted by Crippen LogP contribution is 2.33. The van der Waals surface area contributed by atoms with Crippen LogP contribution in [0, 0.1) is 27.7 Å². The van der Waals surface area contributed by atoms with Crippen molar-refractivity contribution in [2.75, 3.05) is 5.32 Å². The lowest BCUT2D eigenvalue weighted by Gasteiger charge is -2.17. The Bertz CT molecular complexity index is 1330. The molecule has 4 rings (SSSR count). The number of hydrogen-bond donors (Lipinski definition) is 1. The van der Waals surface area contributed by atoms with Crippen LogP contribution in [0.2, 0.25) is 5.02 Å². The Morgan fingerprint density at radius 3 is 2.32 bits per heavy atom. The molecule has 1 amide bonds. The third-order valence-electron chi connectivity index (χ3n) is 5.40. The third kappa shape index (κ3) is 4.23. The van der Waals surface area contributed by atoms with Gasteiger partial charge < -0.3 is 5.32 Å². The molecule has 0 unspecified atom stereocenters. The standard InChI is InChI=1S/C26H22BrClN2O/c1-14-5-7-18(8-6-14)25-17(4)23(20-12-15(2)11-16(3)24(20)30-25)26(31)29-22-10-9-19(27)13-21(22)28/h5-13H,1-4H3,(H,29,31). The second-order valence-corrected chi connectivity index (χ2v) is 9.21. The molecule has 0 saturated carbocycles. The number of benzene rings is 3. The first kappa shape index (κ1) is 21.5. The van der Waals surface area contributed by atoms with Crippen molar-refractivity contribution in [3.8, 4) is 11.3 Å². The molecule has 1 aromatic heterocycles. The molecule has 0 saturated heterocycles. The van der Waals surface area contributed by atoms with Crippen LogP contribution in [0.1, 0.15) is 32.6 Å². The summed E-state index contributed by atoms with van der Waals surface area (Å²) in [5, 5.41) is 4.31. The molecule has 156 valence electrons. The highest BCUT2D eigenvalue weighted by molar-refractivity contribution is 9.10. The highest BCUT2D eigenvalue weighted by atomic mass is 79.9. The Hall–Kier alpha value is -2.69. The van der Waals surface area contributed by atoms with Gasteiger partial charge in [-0.05, 0) is 63.1 Å². The number of carbonyl (C=O) groups excluding carboxylic acids is 1. The summed E-state index contributed by atoms with van der Waals surface area (Å²) < 4.78 is 0.856. The molecule has 31 heavy (non-hydrogen) atoms. The number of halogens is 2. The van der Waals surface area contributed by atoms with E-state index in [0.29, 0.717) is 16.3 Å². The monoisotopic (exact) mass is 492 g/mol. The summed E-state index contributed by atoms with van der Waals surface area (Å²) in [6.07, 6.45) is 0. The molecule has 1 heterocycles. The number of aryl methyl sites for hydroxylation is 3. The number of hydrogen-bond acceptors (Lipinski definition) is 2.